The van der Waals surface area contributed by atoms with Gasteiger partial charge in [-0.25, -0.2) is 0 Å². The fourth-order valence-corrected chi connectivity index (χ4v) is 2.93. The number of hydrogen-bond acceptors (Lipinski definition) is 3. The second kappa shape index (κ2) is 5.93. The van der Waals surface area contributed by atoms with Crippen molar-refractivity contribution in [1.29, 1.82) is 0 Å². The predicted octanol–water partition coefficient (Wildman–Crippen LogP) is 2.65. The van der Waals surface area contributed by atoms with E-state index in [1.54, 1.807) is 0 Å². The van der Waals surface area contributed by atoms with Gasteiger partial charge < -0.3 is 4.90 Å². The first kappa shape index (κ1) is 12.9. The van der Waals surface area contributed by atoms with Gasteiger partial charge in [0.1, 0.15) is 5.84 Å². The molecular formula is C15H20ClN3. The molecule has 0 amide bonds. The van der Waals surface area contributed by atoms with E-state index in [0.29, 0.717) is 0 Å². The molecule has 102 valence electrons. The van der Waals surface area contributed by atoms with Crippen LogP contribution in [0, 0.1) is 0 Å². The van der Waals surface area contributed by atoms with Gasteiger partial charge >= 0.3 is 0 Å². The number of halogens is 1. The summed E-state index contributed by atoms with van der Waals surface area (Å²) >= 11 is 5.93. The normalized spacial score (nSPS) is 20.1. The Morgan fingerprint density at radius 3 is 2.47 bits per heavy atom. The minimum absolute atomic E-state index is 0.802. The summed E-state index contributed by atoms with van der Waals surface area (Å²) in [5.41, 5.74) is 1.31. The van der Waals surface area contributed by atoms with Crippen molar-refractivity contribution in [3.63, 3.8) is 0 Å². The van der Waals surface area contributed by atoms with E-state index in [9.17, 15) is 0 Å². The molecule has 1 fully saturated rings. The van der Waals surface area contributed by atoms with E-state index >= 15 is 0 Å². The van der Waals surface area contributed by atoms with Crippen molar-refractivity contribution >= 4 is 17.4 Å². The van der Waals surface area contributed by atoms with Crippen LogP contribution in [0.2, 0.25) is 5.02 Å². The van der Waals surface area contributed by atoms with Crippen LogP contribution in [-0.2, 0) is 6.54 Å². The third-order valence-electron chi connectivity index (χ3n) is 3.88. The smallest absolute Gasteiger partial charge is 0.114 e. The van der Waals surface area contributed by atoms with E-state index in [4.69, 9.17) is 11.6 Å². The largest absolute Gasteiger partial charge is 0.353 e. The van der Waals surface area contributed by atoms with Gasteiger partial charge in [0.2, 0.25) is 0 Å². The van der Waals surface area contributed by atoms with Crippen molar-refractivity contribution in [2.75, 3.05) is 32.7 Å². The summed E-state index contributed by atoms with van der Waals surface area (Å²) in [5.74, 6) is 1.26. The minimum Gasteiger partial charge on any atom is -0.353 e. The molecule has 0 radical (unpaired) electrons. The molecule has 0 saturated carbocycles. The molecule has 3 rings (SSSR count). The van der Waals surface area contributed by atoms with E-state index < -0.39 is 0 Å². The van der Waals surface area contributed by atoms with Gasteiger partial charge in [0, 0.05) is 18.1 Å². The average molecular weight is 278 g/mol. The maximum atomic E-state index is 5.93. The maximum Gasteiger partial charge on any atom is 0.114 e. The molecule has 1 saturated heterocycles. The molecule has 4 heteroatoms. The Balaban J connectivity index is 1.60. The molecule has 0 atom stereocenters. The number of aliphatic imine (C=N–C) groups is 1. The van der Waals surface area contributed by atoms with E-state index in [1.807, 2.05) is 12.1 Å². The number of rotatable bonds is 4. The molecule has 3 nitrogen and oxygen atoms in total. The molecule has 0 N–H and O–H groups in total. The lowest BCUT2D eigenvalue weighted by molar-refractivity contribution is 0.359. The molecule has 0 bridgehead atoms. The molecular weight excluding hydrogens is 258 g/mol. The van der Waals surface area contributed by atoms with Crippen molar-refractivity contribution in [3.8, 4) is 0 Å². The third kappa shape index (κ3) is 3.28. The topological polar surface area (TPSA) is 18.8 Å². The Kier molecular flexibility index (Phi) is 4.04. The molecule has 0 aromatic heterocycles. The summed E-state index contributed by atoms with van der Waals surface area (Å²) in [7, 11) is 0. The molecule has 0 aliphatic carbocycles. The van der Waals surface area contributed by atoms with Gasteiger partial charge in [-0.1, -0.05) is 23.7 Å². The van der Waals surface area contributed by atoms with Gasteiger partial charge in [-0.05, 0) is 43.6 Å². The summed E-state index contributed by atoms with van der Waals surface area (Å²) in [6.07, 6.45) is 2.68. The molecule has 1 aromatic rings. The van der Waals surface area contributed by atoms with Gasteiger partial charge in [0.25, 0.3) is 0 Å². The van der Waals surface area contributed by atoms with Crippen LogP contribution in [0.3, 0.4) is 0 Å². The fraction of sp³-hybridized carbons (Fsp3) is 0.533. The lowest BCUT2D eigenvalue weighted by atomic mass is 10.2. The minimum atomic E-state index is 0.802. The van der Waals surface area contributed by atoms with Crippen molar-refractivity contribution in [2.45, 2.75) is 19.4 Å². The molecule has 1 aromatic carbocycles. The molecule has 2 aliphatic rings. The van der Waals surface area contributed by atoms with Gasteiger partial charge in [-0.15, -0.1) is 0 Å². The lowest BCUT2D eigenvalue weighted by Crippen LogP contribution is -2.36. The van der Waals surface area contributed by atoms with Crippen LogP contribution in [0.5, 0.6) is 0 Å². The number of nitrogens with zero attached hydrogens (tertiary/aromatic N) is 3. The zero-order valence-electron chi connectivity index (χ0n) is 11.2. The van der Waals surface area contributed by atoms with Gasteiger partial charge in [0.15, 0.2) is 0 Å². The number of amidine groups is 1. The van der Waals surface area contributed by atoms with E-state index in [1.165, 1.54) is 37.3 Å². The SMILES string of the molecule is Clc1ccc(CN2CCN=C2CN2CCCC2)cc1. The second-order valence-corrected chi connectivity index (χ2v) is 5.77. The van der Waals surface area contributed by atoms with Crippen LogP contribution < -0.4 is 0 Å². The van der Waals surface area contributed by atoms with Crippen molar-refractivity contribution in [2.24, 2.45) is 4.99 Å². The number of likely N-dealkylation sites (tertiary alicyclic amines) is 1. The summed E-state index contributed by atoms with van der Waals surface area (Å²) in [4.78, 5) is 9.59. The van der Waals surface area contributed by atoms with Crippen LogP contribution in [-0.4, -0.2) is 48.4 Å². The first-order valence-electron chi connectivity index (χ1n) is 7.06. The van der Waals surface area contributed by atoms with Gasteiger partial charge in [0.05, 0.1) is 13.1 Å². The summed E-state index contributed by atoms with van der Waals surface area (Å²) < 4.78 is 0. The molecule has 2 heterocycles. The number of hydrogen-bond donors (Lipinski definition) is 0. The van der Waals surface area contributed by atoms with Crippen LogP contribution in [0.25, 0.3) is 0 Å². The third-order valence-corrected chi connectivity index (χ3v) is 4.13. The summed E-state index contributed by atoms with van der Waals surface area (Å²) in [6, 6.07) is 8.14. The Labute approximate surface area is 119 Å². The highest BCUT2D eigenvalue weighted by molar-refractivity contribution is 6.30. The standard InChI is InChI=1S/C15H20ClN3/c16-14-5-3-13(4-6-14)11-19-10-7-17-15(19)12-18-8-1-2-9-18/h3-6H,1-2,7-12H2. The number of benzene rings is 1. The van der Waals surface area contributed by atoms with Crippen LogP contribution >= 0.6 is 11.6 Å². The zero-order chi connectivity index (χ0) is 13.1. The monoisotopic (exact) mass is 277 g/mol. The van der Waals surface area contributed by atoms with Crippen LogP contribution in [0.4, 0.5) is 0 Å². The van der Waals surface area contributed by atoms with Gasteiger partial charge in [-0.3, -0.25) is 9.89 Å². The Hall–Kier alpha value is -1.06. The van der Waals surface area contributed by atoms with Crippen LogP contribution in [0.15, 0.2) is 29.3 Å². The summed E-state index contributed by atoms with van der Waals surface area (Å²) in [6.45, 7) is 6.42. The highest BCUT2D eigenvalue weighted by atomic mass is 35.5. The van der Waals surface area contributed by atoms with Crippen molar-refractivity contribution < 1.29 is 0 Å². The summed E-state index contributed by atoms with van der Waals surface area (Å²) in [5, 5.41) is 0.802. The Morgan fingerprint density at radius 2 is 1.74 bits per heavy atom. The van der Waals surface area contributed by atoms with Gasteiger partial charge in [-0.2, -0.15) is 0 Å². The highest BCUT2D eigenvalue weighted by Gasteiger charge is 2.21. The van der Waals surface area contributed by atoms with Crippen molar-refractivity contribution in [3.05, 3.63) is 34.9 Å². The first-order chi connectivity index (χ1) is 9.31. The first-order valence-corrected chi connectivity index (χ1v) is 7.44. The molecule has 0 spiro atoms. The molecule has 2 aliphatic heterocycles. The average Bonchev–Trinajstić information content (AvgIpc) is 3.06. The Bertz CT molecular complexity index is 449. The maximum absolute atomic E-state index is 5.93. The van der Waals surface area contributed by atoms with E-state index in [2.05, 4.69) is 26.9 Å². The van der Waals surface area contributed by atoms with Crippen LogP contribution in [0.1, 0.15) is 18.4 Å². The Morgan fingerprint density at radius 1 is 1.00 bits per heavy atom. The quantitative estimate of drug-likeness (QED) is 0.843. The second-order valence-electron chi connectivity index (χ2n) is 5.33. The molecule has 19 heavy (non-hydrogen) atoms. The highest BCUT2D eigenvalue weighted by Crippen LogP contribution is 2.15. The molecule has 0 unspecified atom stereocenters. The van der Waals surface area contributed by atoms with E-state index in [-0.39, 0.29) is 0 Å². The van der Waals surface area contributed by atoms with Crippen molar-refractivity contribution in [1.82, 2.24) is 9.80 Å². The predicted molar refractivity (Wildman–Crippen MR) is 79.8 cm³/mol. The van der Waals surface area contributed by atoms with E-state index in [0.717, 1.165) is 31.2 Å². The fourth-order valence-electron chi connectivity index (χ4n) is 2.80. The zero-order valence-corrected chi connectivity index (χ0v) is 11.9. The lowest BCUT2D eigenvalue weighted by Gasteiger charge is -2.24.